The van der Waals surface area contributed by atoms with Crippen LogP contribution in [0.15, 0.2) is 65.1 Å². The third kappa shape index (κ3) is 2.95. The van der Waals surface area contributed by atoms with Gasteiger partial charge in [-0.1, -0.05) is 18.2 Å². The molecule has 0 amide bonds. The molecule has 0 fully saturated rings. The van der Waals surface area contributed by atoms with Crippen molar-refractivity contribution in [2.24, 2.45) is 7.05 Å². The molecule has 0 spiro atoms. The topological polar surface area (TPSA) is 56.8 Å². The Kier molecular flexibility index (Phi) is 4.23. The van der Waals surface area contributed by atoms with Gasteiger partial charge in [-0.25, -0.2) is 0 Å². The van der Waals surface area contributed by atoms with Crippen LogP contribution in [0.3, 0.4) is 0 Å². The summed E-state index contributed by atoms with van der Waals surface area (Å²) in [6.07, 6.45) is 5.54. The van der Waals surface area contributed by atoms with Crippen molar-refractivity contribution in [1.82, 2.24) is 9.47 Å². The molecule has 4 heterocycles. The number of Topliss-reactive ketones (excluding diaryl/α,β-unsaturated/α-hetero) is 1. The summed E-state index contributed by atoms with van der Waals surface area (Å²) in [6, 6.07) is 13.9. The zero-order valence-corrected chi connectivity index (χ0v) is 17.9. The van der Waals surface area contributed by atoms with Gasteiger partial charge in [0.15, 0.2) is 5.76 Å². The number of rotatable bonds is 3. The number of benzene rings is 2. The van der Waals surface area contributed by atoms with Crippen molar-refractivity contribution >= 4 is 22.8 Å². The maximum Gasteiger partial charge on any atom is 0.232 e. The van der Waals surface area contributed by atoms with Crippen molar-refractivity contribution < 1.29 is 18.7 Å². The lowest BCUT2D eigenvalue weighted by Crippen LogP contribution is -2.31. The molecule has 2 aromatic carbocycles. The maximum atomic E-state index is 13.3. The lowest BCUT2D eigenvalue weighted by Gasteiger charge is -2.29. The van der Waals surface area contributed by atoms with Crippen LogP contribution < -0.4 is 9.47 Å². The molecule has 6 rings (SSSR count). The minimum Gasteiger partial charge on any atom is -0.478 e. The second kappa shape index (κ2) is 7.14. The molecule has 6 nitrogen and oxygen atoms in total. The number of para-hydroxylation sites is 1. The molecule has 0 saturated heterocycles. The second-order valence-electron chi connectivity index (χ2n) is 8.37. The Morgan fingerprint density at radius 2 is 2.03 bits per heavy atom. The Bertz CT molecular complexity index is 1400. The lowest BCUT2D eigenvalue weighted by atomic mass is 9.98. The lowest BCUT2D eigenvalue weighted by molar-refractivity contribution is 0.0809. The van der Waals surface area contributed by atoms with Crippen LogP contribution in [-0.2, 0) is 20.1 Å². The Morgan fingerprint density at radius 1 is 1.16 bits per heavy atom. The predicted molar refractivity (Wildman–Crippen MR) is 120 cm³/mol. The van der Waals surface area contributed by atoms with E-state index in [9.17, 15) is 4.79 Å². The van der Waals surface area contributed by atoms with Gasteiger partial charge in [0.1, 0.15) is 24.0 Å². The highest BCUT2D eigenvalue weighted by atomic mass is 16.5. The normalized spacial score (nSPS) is 16.8. The van der Waals surface area contributed by atoms with Gasteiger partial charge in [0.2, 0.25) is 5.78 Å². The van der Waals surface area contributed by atoms with Crippen LogP contribution in [-0.4, -0.2) is 22.0 Å². The number of carbonyl (C=O) groups is 1. The van der Waals surface area contributed by atoms with E-state index < -0.39 is 0 Å². The number of allylic oxidation sites excluding steroid dienone is 1. The average molecular weight is 426 g/mol. The molecule has 6 heteroatoms. The smallest absolute Gasteiger partial charge is 0.232 e. The van der Waals surface area contributed by atoms with Crippen LogP contribution >= 0.6 is 0 Å². The summed E-state index contributed by atoms with van der Waals surface area (Å²) in [5, 5.41) is 1.08. The Hall–Kier alpha value is -3.77. The number of hydrogen-bond acceptors (Lipinski definition) is 5. The van der Waals surface area contributed by atoms with E-state index in [4.69, 9.17) is 13.9 Å². The van der Waals surface area contributed by atoms with Gasteiger partial charge < -0.3 is 18.5 Å². The fourth-order valence-electron chi connectivity index (χ4n) is 4.63. The van der Waals surface area contributed by atoms with Crippen molar-refractivity contribution in [3.63, 3.8) is 0 Å². The summed E-state index contributed by atoms with van der Waals surface area (Å²) in [7, 11) is 2.00. The zero-order chi connectivity index (χ0) is 21.8. The van der Waals surface area contributed by atoms with Crippen LogP contribution in [0.1, 0.15) is 32.8 Å². The molecule has 0 saturated carbocycles. The number of ketones is 1. The summed E-state index contributed by atoms with van der Waals surface area (Å²) in [5.41, 5.74) is 4.46. The number of hydrogen-bond donors (Lipinski definition) is 0. The van der Waals surface area contributed by atoms with E-state index in [0.717, 1.165) is 39.1 Å². The van der Waals surface area contributed by atoms with E-state index in [1.54, 1.807) is 6.26 Å². The summed E-state index contributed by atoms with van der Waals surface area (Å²) in [6.45, 7) is 3.63. The predicted octanol–water partition coefficient (Wildman–Crippen LogP) is 5.05. The van der Waals surface area contributed by atoms with Gasteiger partial charge in [-0.05, 0) is 42.8 Å². The van der Waals surface area contributed by atoms with Gasteiger partial charge in [-0.2, -0.15) is 0 Å². The maximum absolute atomic E-state index is 13.3. The van der Waals surface area contributed by atoms with Crippen molar-refractivity contribution in [1.29, 1.82) is 0 Å². The first-order valence-corrected chi connectivity index (χ1v) is 10.6. The first kappa shape index (κ1) is 19.0. The Morgan fingerprint density at radius 3 is 2.88 bits per heavy atom. The van der Waals surface area contributed by atoms with Crippen LogP contribution in [0.2, 0.25) is 0 Å². The van der Waals surface area contributed by atoms with E-state index in [-0.39, 0.29) is 5.78 Å². The molecule has 0 unspecified atom stereocenters. The summed E-state index contributed by atoms with van der Waals surface area (Å²) in [4.78, 5) is 15.4. The number of ether oxygens (including phenoxy) is 2. The number of fused-ring (bicyclic) bond motifs is 4. The van der Waals surface area contributed by atoms with Crippen LogP contribution in [0.5, 0.6) is 11.5 Å². The first-order chi connectivity index (χ1) is 15.6. The zero-order valence-electron chi connectivity index (χ0n) is 17.9. The standard InChI is InChI=1S/C26H22N2O4/c1-16-10-22-20(14-28(15-31-22)13-18-6-5-9-30-18)26-24(16)25(29)23(32-26)11-17-12-27(2)21-8-4-3-7-19(17)21/h3-12H,13-15H2,1-2H3/b23-11-. The van der Waals surface area contributed by atoms with Gasteiger partial charge in [-0.15, -0.1) is 0 Å². The molecule has 0 bridgehead atoms. The van der Waals surface area contributed by atoms with Crippen molar-refractivity contribution in [3.05, 3.63) is 88.7 Å². The van der Waals surface area contributed by atoms with Crippen LogP contribution in [0, 0.1) is 6.92 Å². The largest absolute Gasteiger partial charge is 0.478 e. The molecule has 0 aliphatic carbocycles. The number of aryl methyl sites for hydroxylation is 2. The third-order valence-electron chi connectivity index (χ3n) is 6.16. The molecular formula is C26H22N2O4. The fourth-order valence-corrected chi connectivity index (χ4v) is 4.63. The molecule has 2 aliphatic heterocycles. The highest BCUT2D eigenvalue weighted by molar-refractivity contribution is 6.16. The monoisotopic (exact) mass is 426 g/mol. The minimum atomic E-state index is -0.0867. The first-order valence-electron chi connectivity index (χ1n) is 10.6. The molecular weight excluding hydrogens is 404 g/mol. The number of furan rings is 1. The van der Waals surface area contributed by atoms with Gasteiger partial charge in [0.05, 0.1) is 23.9 Å². The molecule has 2 aromatic heterocycles. The molecule has 160 valence electrons. The fraction of sp³-hybridized carbons (Fsp3) is 0.192. The van der Waals surface area contributed by atoms with E-state index in [1.165, 1.54) is 0 Å². The van der Waals surface area contributed by atoms with Gasteiger partial charge in [0.25, 0.3) is 0 Å². The molecule has 0 atom stereocenters. The van der Waals surface area contributed by atoms with E-state index in [1.807, 2.05) is 56.6 Å². The molecule has 2 aliphatic rings. The number of nitrogens with zero attached hydrogens (tertiary/aromatic N) is 2. The van der Waals surface area contributed by atoms with Gasteiger partial charge >= 0.3 is 0 Å². The SMILES string of the molecule is Cc1cc2c(c3c1C(=O)/C(=C/c1cn(C)c4ccccc14)O3)CN(Cc1ccco1)CO2. The quantitative estimate of drug-likeness (QED) is 0.429. The van der Waals surface area contributed by atoms with E-state index >= 15 is 0 Å². The Labute approximate surface area is 185 Å². The van der Waals surface area contributed by atoms with Crippen LogP contribution in [0.4, 0.5) is 0 Å². The molecule has 0 radical (unpaired) electrons. The molecule has 4 aromatic rings. The van der Waals surface area contributed by atoms with E-state index in [0.29, 0.717) is 36.9 Å². The second-order valence-corrected chi connectivity index (χ2v) is 8.37. The highest BCUT2D eigenvalue weighted by Crippen LogP contribution is 2.44. The van der Waals surface area contributed by atoms with E-state index in [2.05, 4.69) is 21.6 Å². The van der Waals surface area contributed by atoms with Gasteiger partial charge in [0, 0.05) is 36.3 Å². The number of aromatic nitrogens is 1. The minimum absolute atomic E-state index is 0.0867. The van der Waals surface area contributed by atoms with Crippen molar-refractivity contribution in [2.75, 3.05) is 6.73 Å². The molecule has 32 heavy (non-hydrogen) atoms. The van der Waals surface area contributed by atoms with Crippen LogP contribution in [0.25, 0.3) is 17.0 Å². The Balaban J connectivity index is 1.38. The summed E-state index contributed by atoms with van der Waals surface area (Å²) >= 11 is 0. The third-order valence-corrected chi connectivity index (χ3v) is 6.16. The summed E-state index contributed by atoms with van der Waals surface area (Å²) in [5.74, 6) is 2.51. The van der Waals surface area contributed by atoms with Crippen molar-refractivity contribution in [3.8, 4) is 11.5 Å². The average Bonchev–Trinajstić information content (AvgIpc) is 3.49. The van der Waals surface area contributed by atoms with Gasteiger partial charge in [-0.3, -0.25) is 9.69 Å². The highest BCUT2D eigenvalue weighted by Gasteiger charge is 2.35. The van der Waals surface area contributed by atoms with Crippen molar-refractivity contribution in [2.45, 2.75) is 20.0 Å². The summed E-state index contributed by atoms with van der Waals surface area (Å²) < 4.78 is 19.8. The molecule has 0 N–H and O–H groups in total. The number of carbonyl (C=O) groups excluding carboxylic acids is 1.